The van der Waals surface area contributed by atoms with Crippen LogP contribution in [0.5, 0.6) is 5.75 Å². The summed E-state index contributed by atoms with van der Waals surface area (Å²) in [5.41, 5.74) is 5.25. The Bertz CT molecular complexity index is 1710. The van der Waals surface area contributed by atoms with Crippen molar-refractivity contribution in [2.75, 3.05) is 7.11 Å². The van der Waals surface area contributed by atoms with Crippen LogP contribution in [0.15, 0.2) is 76.7 Å². The van der Waals surface area contributed by atoms with Gasteiger partial charge < -0.3 is 4.74 Å². The van der Waals surface area contributed by atoms with E-state index in [9.17, 15) is 4.79 Å². The number of aryl methyl sites for hydroxylation is 2. The second kappa shape index (κ2) is 10.2. The van der Waals surface area contributed by atoms with Crippen molar-refractivity contribution in [2.45, 2.75) is 24.8 Å². The number of rotatable bonds is 6. The zero-order valence-corrected chi connectivity index (χ0v) is 23.0. The Morgan fingerprint density at radius 2 is 1.72 bits per heavy atom. The summed E-state index contributed by atoms with van der Waals surface area (Å²) in [6.45, 7) is 4.03. The lowest BCUT2D eigenvalue weighted by molar-refractivity contribution is 0.414. The van der Waals surface area contributed by atoms with Crippen molar-refractivity contribution in [3.05, 3.63) is 103 Å². The lowest BCUT2D eigenvalue weighted by atomic mass is 10.1. The normalized spacial score (nSPS) is 11.2. The maximum absolute atomic E-state index is 13.9. The first-order valence-electron chi connectivity index (χ1n) is 11.1. The van der Waals surface area contributed by atoms with E-state index in [-0.39, 0.29) is 5.56 Å². The molecule has 0 unspecified atom stereocenters. The van der Waals surface area contributed by atoms with E-state index in [0.29, 0.717) is 30.2 Å². The number of hydrogen-bond acceptors (Lipinski definition) is 6. The van der Waals surface area contributed by atoms with Crippen molar-refractivity contribution in [3.8, 4) is 17.1 Å². The highest BCUT2D eigenvalue weighted by Gasteiger charge is 2.20. The minimum Gasteiger partial charge on any atom is -0.497 e. The van der Waals surface area contributed by atoms with Gasteiger partial charge in [0, 0.05) is 16.5 Å². The van der Waals surface area contributed by atoms with Crippen molar-refractivity contribution in [1.82, 2.24) is 14.1 Å². The van der Waals surface area contributed by atoms with Crippen LogP contribution in [0, 0.1) is 17.8 Å². The number of thioether (sulfide) groups is 1. The monoisotopic (exact) mass is 551 g/mol. The van der Waals surface area contributed by atoms with Gasteiger partial charge in [-0.15, -0.1) is 0 Å². The van der Waals surface area contributed by atoms with Gasteiger partial charge in [-0.1, -0.05) is 59.0 Å². The molecule has 0 fully saturated rings. The third-order valence-electron chi connectivity index (χ3n) is 5.93. The van der Waals surface area contributed by atoms with Gasteiger partial charge in [0.1, 0.15) is 10.4 Å². The molecule has 0 radical (unpaired) electrons. The molecule has 0 aliphatic carbocycles. The first-order chi connectivity index (χ1) is 17.4. The minimum atomic E-state index is -0.155. The van der Waals surface area contributed by atoms with Gasteiger partial charge in [-0.25, -0.2) is 4.98 Å². The standard InChI is InChI=1S/C27H22ClN3O2S3/c1-16-6-4-5-7-18(16)15-35-26-29-24-23(25(32)31(26)19-8-11-21(33-3)12-9-19)36-27(34)30(24)20-10-13-22(28)17(2)14-20/h4-14H,15H2,1-3H3. The van der Waals surface area contributed by atoms with Crippen LogP contribution in [-0.4, -0.2) is 21.2 Å². The summed E-state index contributed by atoms with van der Waals surface area (Å²) in [7, 11) is 1.62. The van der Waals surface area contributed by atoms with Crippen LogP contribution in [0.1, 0.15) is 16.7 Å². The van der Waals surface area contributed by atoms with E-state index in [2.05, 4.69) is 19.1 Å². The molecule has 0 aliphatic rings. The minimum absolute atomic E-state index is 0.155. The van der Waals surface area contributed by atoms with Crippen molar-refractivity contribution >= 4 is 57.3 Å². The highest BCUT2D eigenvalue weighted by molar-refractivity contribution is 7.98. The van der Waals surface area contributed by atoms with E-state index in [1.165, 1.54) is 34.2 Å². The molecule has 0 N–H and O–H groups in total. The highest BCUT2D eigenvalue weighted by Crippen LogP contribution is 2.30. The Labute approximate surface area is 227 Å². The van der Waals surface area contributed by atoms with Crippen molar-refractivity contribution in [1.29, 1.82) is 0 Å². The van der Waals surface area contributed by atoms with Crippen LogP contribution in [0.25, 0.3) is 21.7 Å². The SMILES string of the molecule is COc1ccc(-n2c(SCc3ccccc3C)nc3c(sc(=S)n3-c3ccc(Cl)c(C)c3)c2=O)cc1. The third-order valence-corrected chi connectivity index (χ3v) is 8.69. The lowest BCUT2D eigenvalue weighted by Gasteiger charge is -2.14. The molecule has 36 heavy (non-hydrogen) atoms. The molecule has 3 aromatic carbocycles. The summed E-state index contributed by atoms with van der Waals surface area (Å²) in [4.78, 5) is 18.9. The predicted octanol–water partition coefficient (Wildman–Crippen LogP) is 7.54. The van der Waals surface area contributed by atoms with Gasteiger partial charge >= 0.3 is 0 Å². The fraction of sp³-hybridized carbons (Fsp3) is 0.148. The van der Waals surface area contributed by atoms with Gasteiger partial charge in [-0.2, -0.15) is 0 Å². The van der Waals surface area contributed by atoms with Gasteiger partial charge in [0.25, 0.3) is 5.56 Å². The average molecular weight is 552 g/mol. The fourth-order valence-corrected chi connectivity index (χ4v) is 6.40. The summed E-state index contributed by atoms with van der Waals surface area (Å²) < 4.78 is 9.88. The summed E-state index contributed by atoms with van der Waals surface area (Å²) in [5, 5.41) is 1.27. The molecule has 2 aromatic heterocycles. The van der Waals surface area contributed by atoms with E-state index in [4.69, 9.17) is 33.5 Å². The van der Waals surface area contributed by atoms with Crippen molar-refractivity contribution in [3.63, 3.8) is 0 Å². The maximum atomic E-state index is 13.9. The molecule has 5 rings (SSSR count). The third kappa shape index (κ3) is 4.62. The molecule has 0 saturated heterocycles. The van der Waals surface area contributed by atoms with E-state index < -0.39 is 0 Å². The van der Waals surface area contributed by atoms with Crippen LogP contribution < -0.4 is 10.3 Å². The number of methoxy groups -OCH3 is 1. The summed E-state index contributed by atoms with van der Waals surface area (Å²) >= 11 is 14.8. The Balaban J connectivity index is 1.73. The second-order valence-electron chi connectivity index (χ2n) is 8.24. The van der Waals surface area contributed by atoms with Gasteiger partial charge in [0.2, 0.25) is 0 Å². The fourth-order valence-electron chi connectivity index (χ4n) is 3.90. The van der Waals surface area contributed by atoms with Crippen LogP contribution in [0.2, 0.25) is 5.02 Å². The van der Waals surface area contributed by atoms with Crippen molar-refractivity contribution in [2.24, 2.45) is 0 Å². The Kier molecular flexibility index (Phi) is 7.03. The number of benzene rings is 3. The van der Waals surface area contributed by atoms with Crippen LogP contribution in [-0.2, 0) is 5.75 Å². The van der Waals surface area contributed by atoms with Gasteiger partial charge in [0.05, 0.1) is 12.8 Å². The quantitative estimate of drug-likeness (QED) is 0.124. The maximum Gasteiger partial charge on any atom is 0.278 e. The molecule has 5 aromatic rings. The molecule has 0 aliphatic heterocycles. The van der Waals surface area contributed by atoms with Gasteiger partial charge in [-0.3, -0.25) is 13.9 Å². The Morgan fingerprint density at radius 3 is 2.42 bits per heavy atom. The molecule has 2 heterocycles. The van der Waals surface area contributed by atoms with Crippen LogP contribution >= 0.6 is 46.9 Å². The average Bonchev–Trinajstić information content (AvgIpc) is 3.21. The molecule has 5 nitrogen and oxygen atoms in total. The first-order valence-corrected chi connectivity index (χ1v) is 13.7. The summed E-state index contributed by atoms with van der Waals surface area (Å²) in [5.74, 6) is 1.39. The van der Waals surface area contributed by atoms with Gasteiger partial charge in [0.15, 0.2) is 14.8 Å². The Hall–Kier alpha value is -2.91. The smallest absolute Gasteiger partial charge is 0.278 e. The molecular formula is C27H22ClN3O2S3. The van der Waals surface area contributed by atoms with Crippen LogP contribution in [0.3, 0.4) is 0 Å². The molecule has 0 amide bonds. The molecule has 0 atom stereocenters. The summed E-state index contributed by atoms with van der Waals surface area (Å²) in [6, 6.07) is 21.3. The Morgan fingerprint density at radius 1 is 1.00 bits per heavy atom. The molecule has 9 heteroatoms. The van der Waals surface area contributed by atoms with E-state index >= 15 is 0 Å². The van der Waals surface area contributed by atoms with E-state index in [1.54, 1.807) is 11.7 Å². The molecule has 0 bridgehead atoms. The largest absolute Gasteiger partial charge is 0.497 e. The second-order valence-corrected chi connectivity index (χ2v) is 11.2. The van der Waals surface area contributed by atoms with Crippen molar-refractivity contribution < 1.29 is 4.74 Å². The molecule has 0 spiro atoms. The number of nitrogens with zero attached hydrogens (tertiary/aromatic N) is 3. The molecular weight excluding hydrogens is 530 g/mol. The number of fused-ring (bicyclic) bond motifs is 1. The van der Waals surface area contributed by atoms with Crippen LogP contribution in [0.4, 0.5) is 0 Å². The number of halogens is 1. The zero-order valence-electron chi connectivity index (χ0n) is 19.8. The topological polar surface area (TPSA) is 49.0 Å². The van der Waals surface area contributed by atoms with Gasteiger partial charge in [-0.05, 0) is 85.2 Å². The van der Waals surface area contributed by atoms with E-state index in [1.807, 2.05) is 66.1 Å². The summed E-state index contributed by atoms with van der Waals surface area (Å²) in [6.07, 6.45) is 0. The molecule has 182 valence electrons. The molecule has 0 saturated carbocycles. The predicted molar refractivity (Wildman–Crippen MR) is 152 cm³/mol. The lowest BCUT2D eigenvalue weighted by Crippen LogP contribution is -2.21. The van der Waals surface area contributed by atoms with E-state index in [0.717, 1.165) is 22.7 Å². The zero-order chi connectivity index (χ0) is 25.4. The number of aromatic nitrogens is 3. The highest BCUT2D eigenvalue weighted by atomic mass is 35.5. The number of hydrogen-bond donors (Lipinski definition) is 0. The number of ether oxygens (including phenoxy) is 1. The first kappa shape index (κ1) is 24.8. The number of thiazole rings is 1.